The van der Waals surface area contributed by atoms with Crippen LogP contribution in [0.3, 0.4) is 0 Å². The maximum Gasteiger partial charge on any atom is 0.145 e. The van der Waals surface area contributed by atoms with Gasteiger partial charge >= 0.3 is 0 Å². The van der Waals surface area contributed by atoms with Gasteiger partial charge in [0, 0.05) is 14.8 Å². The molecule has 0 bridgehead atoms. The van der Waals surface area contributed by atoms with Gasteiger partial charge in [-0.1, -0.05) is 11.6 Å². The van der Waals surface area contributed by atoms with Crippen molar-refractivity contribution < 1.29 is 0 Å². The van der Waals surface area contributed by atoms with E-state index in [0.29, 0.717) is 5.02 Å². The molecule has 1 aromatic carbocycles. The lowest BCUT2D eigenvalue weighted by Gasteiger charge is -2.03. The highest BCUT2D eigenvalue weighted by Crippen LogP contribution is 2.22. The number of nitrogens with zero attached hydrogens (tertiary/aromatic N) is 2. The summed E-state index contributed by atoms with van der Waals surface area (Å²) in [6.45, 7) is 0. The maximum atomic E-state index is 8.52. The van der Waals surface area contributed by atoms with Crippen LogP contribution in [0.5, 0.6) is 0 Å². The molecule has 0 aliphatic heterocycles. The molecule has 0 aromatic heterocycles. The molecular weight excluding hydrogens is 324 g/mol. The van der Waals surface area contributed by atoms with E-state index in [1.807, 2.05) is 6.07 Å². The Hall–Kier alpha value is -1.24. The van der Waals surface area contributed by atoms with E-state index in [1.165, 1.54) is 6.20 Å². The van der Waals surface area contributed by atoms with Crippen molar-refractivity contribution in [2.24, 2.45) is 0 Å². The maximum absolute atomic E-state index is 8.52. The van der Waals surface area contributed by atoms with Gasteiger partial charge in [-0.25, -0.2) is 0 Å². The first-order chi connectivity index (χ1) is 7.17. The molecule has 1 aromatic rings. The molecule has 0 saturated carbocycles. The van der Waals surface area contributed by atoms with Gasteiger partial charge in [-0.2, -0.15) is 10.5 Å². The predicted octanol–water partition coefficient (Wildman–Crippen LogP) is 3.29. The van der Waals surface area contributed by atoms with Crippen molar-refractivity contribution in [3.63, 3.8) is 0 Å². The second-order valence-corrected chi connectivity index (χ2v) is 4.15. The summed E-state index contributed by atoms with van der Waals surface area (Å²) in [4.78, 5) is 0. The molecule has 0 amide bonds. The molecule has 0 spiro atoms. The lowest BCUT2D eigenvalue weighted by atomic mass is 10.3. The molecule has 15 heavy (non-hydrogen) atoms. The molecule has 0 saturated heterocycles. The number of hydrogen-bond acceptors (Lipinski definition) is 3. The Bertz CT molecular complexity index is 466. The average molecular weight is 330 g/mol. The van der Waals surface area contributed by atoms with Crippen LogP contribution in [0.4, 0.5) is 5.69 Å². The number of hydrogen-bond donors (Lipinski definition) is 1. The predicted molar refractivity (Wildman–Crippen MR) is 67.1 cm³/mol. The average Bonchev–Trinajstić information content (AvgIpc) is 2.24. The molecule has 1 rings (SSSR count). The van der Waals surface area contributed by atoms with Crippen molar-refractivity contribution >= 4 is 39.9 Å². The zero-order chi connectivity index (χ0) is 11.3. The minimum atomic E-state index is 0.0192. The number of nitriles is 2. The molecule has 0 aliphatic carbocycles. The fourth-order valence-corrected chi connectivity index (χ4v) is 1.51. The lowest BCUT2D eigenvalue weighted by Crippen LogP contribution is -1.92. The Morgan fingerprint density at radius 1 is 1.40 bits per heavy atom. The molecule has 3 nitrogen and oxygen atoms in total. The number of benzene rings is 1. The monoisotopic (exact) mass is 329 g/mol. The minimum Gasteiger partial charge on any atom is -0.359 e. The van der Waals surface area contributed by atoms with Gasteiger partial charge in [0.2, 0.25) is 0 Å². The van der Waals surface area contributed by atoms with E-state index in [9.17, 15) is 0 Å². The van der Waals surface area contributed by atoms with E-state index in [0.717, 1.165) is 9.26 Å². The standard InChI is InChI=1S/C10H5ClIN3/c11-8-1-2-9(12)10(3-8)15-6-7(4-13)5-14/h1-3,6,15H. The molecule has 0 heterocycles. The van der Waals surface area contributed by atoms with Crippen LogP contribution in [0.15, 0.2) is 30.0 Å². The smallest absolute Gasteiger partial charge is 0.145 e. The van der Waals surface area contributed by atoms with Crippen molar-refractivity contribution in [2.45, 2.75) is 0 Å². The van der Waals surface area contributed by atoms with Crippen molar-refractivity contribution in [3.05, 3.63) is 38.6 Å². The Morgan fingerprint density at radius 2 is 2.07 bits per heavy atom. The van der Waals surface area contributed by atoms with E-state index in [4.69, 9.17) is 22.1 Å². The molecule has 1 N–H and O–H groups in total. The van der Waals surface area contributed by atoms with Gasteiger partial charge in [0.05, 0.1) is 5.69 Å². The minimum absolute atomic E-state index is 0.0192. The van der Waals surface area contributed by atoms with E-state index in [1.54, 1.807) is 24.3 Å². The normalized spacial score (nSPS) is 8.53. The Morgan fingerprint density at radius 3 is 2.67 bits per heavy atom. The summed E-state index contributed by atoms with van der Waals surface area (Å²) in [6, 6.07) is 8.86. The summed E-state index contributed by atoms with van der Waals surface area (Å²) in [5, 5.41) is 20.5. The summed E-state index contributed by atoms with van der Waals surface area (Å²) >= 11 is 7.94. The van der Waals surface area contributed by atoms with E-state index >= 15 is 0 Å². The Kier molecular flexibility index (Phi) is 4.41. The third-order valence-corrected chi connectivity index (χ3v) is 2.72. The fraction of sp³-hybridized carbons (Fsp3) is 0. The lowest BCUT2D eigenvalue weighted by molar-refractivity contribution is 1.44. The summed E-state index contributed by atoms with van der Waals surface area (Å²) in [6.07, 6.45) is 1.35. The van der Waals surface area contributed by atoms with Crippen LogP contribution in [-0.4, -0.2) is 0 Å². The van der Waals surface area contributed by atoms with Gasteiger partial charge in [0.15, 0.2) is 0 Å². The highest BCUT2D eigenvalue weighted by molar-refractivity contribution is 14.1. The highest BCUT2D eigenvalue weighted by Gasteiger charge is 1.99. The summed E-state index contributed by atoms with van der Waals surface area (Å²) in [5.74, 6) is 0. The Labute approximate surface area is 106 Å². The molecule has 0 unspecified atom stereocenters. The highest BCUT2D eigenvalue weighted by atomic mass is 127. The second-order valence-electron chi connectivity index (χ2n) is 2.55. The first-order valence-electron chi connectivity index (χ1n) is 3.89. The molecule has 0 fully saturated rings. The van der Waals surface area contributed by atoms with Crippen LogP contribution in [0.25, 0.3) is 0 Å². The first-order valence-corrected chi connectivity index (χ1v) is 5.35. The van der Waals surface area contributed by atoms with Crippen LogP contribution in [-0.2, 0) is 0 Å². The van der Waals surface area contributed by atoms with Crippen LogP contribution in [0.1, 0.15) is 0 Å². The van der Waals surface area contributed by atoms with Gasteiger partial charge in [-0.15, -0.1) is 0 Å². The fourth-order valence-electron chi connectivity index (χ4n) is 0.848. The number of halogens is 2. The molecule has 0 atom stereocenters. The van der Waals surface area contributed by atoms with Crippen molar-refractivity contribution in [3.8, 4) is 12.1 Å². The zero-order valence-corrected chi connectivity index (χ0v) is 10.4. The third kappa shape index (κ3) is 3.43. The van der Waals surface area contributed by atoms with Crippen molar-refractivity contribution in [2.75, 3.05) is 5.32 Å². The number of anilines is 1. The SMILES string of the molecule is N#CC(C#N)=CNc1cc(Cl)ccc1I. The third-order valence-electron chi connectivity index (χ3n) is 1.54. The van der Waals surface area contributed by atoms with Gasteiger partial charge in [-0.05, 0) is 40.8 Å². The van der Waals surface area contributed by atoms with Gasteiger partial charge in [0.1, 0.15) is 17.7 Å². The van der Waals surface area contributed by atoms with Gasteiger partial charge in [0.25, 0.3) is 0 Å². The molecule has 0 radical (unpaired) electrons. The first kappa shape index (κ1) is 11.8. The van der Waals surface area contributed by atoms with Crippen molar-refractivity contribution in [1.29, 1.82) is 10.5 Å². The summed E-state index contributed by atoms with van der Waals surface area (Å²) in [7, 11) is 0. The summed E-state index contributed by atoms with van der Waals surface area (Å²) < 4.78 is 0.962. The zero-order valence-electron chi connectivity index (χ0n) is 7.46. The van der Waals surface area contributed by atoms with Gasteiger partial charge in [-0.3, -0.25) is 0 Å². The van der Waals surface area contributed by atoms with Crippen molar-refractivity contribution in [1.82, 2.24) is 0 Å². The van der Waals surface area contributed by atoms with E-state index in [2.05, 4.69) is 27.9 Å². The van der Waals surface area contributed by atoms with Gasteiger partial charge < -0.3 is 5.32 Å². The number of allylic oxidation sites excluding steroid dienone is 1. The summed E-state index contributed by atoms with van der Waals surface area (Å²) in [5.41, 5.74) is 0.789. The number of rotatable bonds is 2. The van der Waals surface area contributed by atoms with Crippen LogP contribution < -0.4 is 5.32 Å². The Balaban J connectivity index is 2.92. The molecule has 5 heteroatoms. The molecular formula is C10H5ClIN3. The quantitative estimate of drug-likeness (QED) is 0.669. The topological polar surface area (TPSA) is 59.6 Å². The van der Waals surface area contributed by atoms with E-state index in [-0.39, 0.29) is 5.57 Å². The molecule has 0 aliphatic rings. The second kappa shape index (κ2) is 5.59. The molecule has 74 valence electrons. The van der Waals surface area contributed by atoms with Crippen LogP contribution in [0, 0.1) is 26.2 Å². The largest absolute Gasteiger partial charge is 0.359 e. The number of nitrogens with one attached hydrogen (secondary N) is 1. The van der Waals surface area contributed by atoms with Crippen LogP contribution in [0.2, 0.25) is 5.02 Å². The van der Waals surface area contributed by atoms with E-state index < -0.39 is 0 Å². The van der Waals surface area contributed by atoms with Crippen LogP contribution >= 0.6 is 34.2 Å².